The first-order valence-electron chi connectivity index (χ1n) is 6.68. The summed E-state index contributed by atoms with van der Waals surface area (Å²) < 4.78 is 32.2. The second-order valence-corrected chi connectivity index (χ2v) is 6.94. The highest BCUT2D eigenvalue weighted by Gasteiger charge is 2.34. The molecule has 0 aliphatic carbocycles. The third-order valence-electron chi connectivity index (χ3n) is 3.30. The van der Waals surface area contributed by atoms with Crippen LogP contribution in [0.5, 0.6) is 0 Å². The molecule has 0 spiro atoms. The summed E-state index contributed by atoms with van der Waals surface area (Å²) in [5.41, 5.74) is 0.954. The fraction of sp³-hybridized carbons (Fsp3) is 0.615. The predicted molar refractivity (Wildman–Crippen MR) is 75.8 cm³/mol. The summed E-state index contributed by atoms with van der Waals surface area (Å²) in [4.78, 5) is 4.09. The van der Waals surface area contributed by atoms with Crippen molar-refractivity contribution >= 4 is 10.0 Å². The van der Waals surface area contributed by atoms with Crippen molar-refractivity contribution in [3.63, 3.8) is 0 Å². The molecule has 0 amide bonds. The van der Waals surface area contributed by atoms with Gasteiger partial charge in [-0.25, -0.2) is 13.4 Å². The minimum absolute atomic E-state index is 0.0930. The average Bonchev–Trinajstić information content (AvgIpc) is 2.42. The van der Waals surface area contributed by atoms with Gasteiger partial charge < -0.3 is 10.1 Å². The number of nitrogens with one attached hydrogen (secondary N) is 1. The third-order valence-corrected chi connectivity index (χ3v) is 5.20. The predicted octanol–water partition coefficient (Wildman–Crippen LogP) is 0.599. The van der Waals surface area contributed by atoms with Gasteiger partial charge in [0.25, 0.3) is 10.0 Å². The minimum atomic E-state index is -3.55. The van der Waals surface area contributed by atoms with Crippen LogP contribution in [0.4, 0.5) is 0 Å². The van der Waals surface area contributed by atoms with E-state index in [1.54, 1.807) is 18.3 Å². The number of morpholine rings is 1. The van der Waals surface area contributed by atoms with E-state index >= 15 is 0 Å². The van der Waals surface area contributed by atoms with E-state index in [-0.39, 0.29) is 17.2 Å². The number of pyridine rings is 1. The highest BCUT2D eigenvalue weighted by atomic mass is 32.2. The molecule has 1 saturated heterocycles. The van der Waals surface area contributed by atoms with Crippen LogP contribution in [0.15, 0.2) is 23.4 Å². The van der Waals surface area contributed by atoms with Crippen molar-refractivity contribution in [2.75, 3.05) is 20.2 Å². The summed E-state index contributed by atoms with van der Waals surface area (Å²) >= 11 is 0. The molecule has 1 aromatic rings. The maximum Gasteiger partial charge on any atom is 0.260 e. The lowest BCUT2D eigenvalue weighted by atomic mass is 10.2. The van der Waals surface area contributed by atoms with E-state index in [0.29, 0.717) is 19.7 Å². The van der Waals surface area contributed by atoms with E-state index in [1.807, 2.05) is 20.9 Å². The normalized spacial score (nSPS) is 24.8. The molecule has 7 heteroatoms. The van der Waals surface area contributed by atoms with E-state index in [9.17, 15) is 8.42 Å². The molecule has 2 heterocycles. The van der Waals surface area contributed by atoms with E-state index < -0.39 is 10.0 Å². The second kappa shape index (κ2) is 6.17. The van der Waals surface area contributed by atoms with Gasteiger partial charge in [-0.15, -0.1) is 0 Å². The SMILES string of the molecule is CNCc1ccc(S(=O)(=O)N2CC(C)OCC2C)nc1. The van der Waals surface area contributed by atoms with Gasteiger partial charge in [0, 0.05) is 25.3 Å². The van der Waals surface area contributed by atoms with Gasteiger partial charge in [-0.1, -0.05) is 6.07 Å². The number of rotatable bonds is 4. The fourth-order valence-electron chi connectivity index (χ4n) is 2.20. The lowest BCUT2D eigenvalue weighted by Gasteiger charge is -2.35. The second-order valence-electron chi connectivity index (χ2n) is 5.10. The Labute approximate surface area is 120 Å². The lowest BCUT2D eigenvalue weighted by molar-refractivity contribution is -0.0171. The first-order valence-corrected chi connectivity index (χ1v) is 8.12. The van der Waals surface area contributed by atoms with E-state index in [0.717, 1.165) is 5.56 Å². The zero-order valence-corrected chi connectivity index (χ0v) is 12.9. The van der Waals surface area contributed by atoms with Crippen molar-refractivity contribution in [2.45, 2.75) is 37.6 Å². The molecule has 0 saturated carbocycles. The Hall–Kier alpha value is -1.02. The number of ether oxygens (including phenoxy) is 1. The van der Waals surface area contributed by atoms with E-state index in [2.05, 4.69) is 10.3 Å². The number of aromatic nitrogens is 1. The Bertz CT molecular complexity index is 544. The maximum atomic E-state index is 12.6. The summed E-state index contributed by atoms with van der Waals surface area (Å²) in [7, 11) is -1.72. The molecule has 112 valence electrons. The van der Waals surface area contributed by atoms with Crippen molar-refractivity contribution in [1.82, 2.24) is 14.6 Å². The minimum Gasteiger partial charge on any atom is -0.375 e. The van der Waals surface area contributed by atoms with Crippen molar-refractivity contribution in [1.29, 1.82) is 0 Å². The van der Waals surface area contributed by atoms with Gasteiger partial charge in [0.1, 0.15) is 0 Å². The van der Waals surface area contributed by atoms with Crippen LogP contribution in [-0.4, -0.2) is 50.1 Å². The van der Waals surface area contributed by atoms with E-state index in [4.69, 9.17) is 4.74 Å². The standard InChI is InChI=1S/C13H21N3O3S/c1-10-9-19-11(2)8-16(10)20(17,18)13-5-4-12(6-14-3)7-15-13/h4-5,7,10-11,14H,6,8-9H2,1-3H3. The van der Waals surface area contributed by atoms with Crippen molar-refractivity contribution < 1.29 is 13.2 Å². The Morgan fingerprint density at radius 3 is 2.80 bits per heavy atom. The van der Waals surface area contributed by atoms with Crippen LogP contribution in [0.25, 0.3) is 0 Å². The Morgan fingerprint density at radius 1 is 1.45 bits per heavy atom. The van der Waals surface area contributed by atoms with Gasteiger partial charge in [0.2, 0.25) is 0 Å². The van der Waals surface area contributed by atoms with Gasteiger partial charge >= 0.3 is 0 Å². The quantitative estimate of drug-likeness (QED) is 0.881. The number of hydrogen-bond acceptors (Lipinski definition) is 5. The number of hydrogen-bond donors (Lipinski definition) is 1. The summed E-state index contributed by atoms with van der Waals surface area (Å²) in [6, 6.07) is 3.18. The van der Waals surface area contributed by atoms with Gasteiger partial charge in [0.05, 0.1) is 12.7 Å². The molecule has 2 atom stereocenters. The Balaban J connectivity index is 2.24. The van der Waals surface area contributed by atoms with Crippen LogP contribution < -0.4 is 5.32 Å². The van der Waals surface area contributed by atoms with Crippen molar-refractivity contribution in [3.8, 4) is 0 Å². The van der Waals surface area contributed by atoms with Crippen LogP contribution in [0.2, 0.25) is 0 Å². The molecule has 1 aromatic heterocycles. The van der Waals surface area contributed by atoms with Crippen LogP contribution in [0.1, 0.15) is 19.4 Å². The van der Waals surface area contributed by atoms with Crippen LogP contribution in [-0.2, 0) is 21.3 Å². The molecular formula is C13H21N3O3S. The molecule has 6 nitrogen and oxygen atoms in total. The summed E-state index contributed by atoms with van der Waals surface area (Å²) in [5, 5.41) is 3.10. The third kappa shape index (κ3) is 3.17. The fourth-order valence-corrected chi connectivity index (χ4v) is 3.81. The smallest absolute Gasteiger partial charge is 0.260 e. The molecule has 0 radical (unpaired) electrons. The highest BCUT2D eigenvalue weighted by Crippen LogP contribution is 2.21. The maximum absolute atomic E-state index is 12.6. The van der Waals surface area contributed by atoms with Crippen LogP contribution >= 0.6 is 0 Å². The summed E-state index contributed by atoms with van der Waals surface area (Å²) in [6.45, 7) is 5.16. The first-order chi connectivity index (χ1) is 9.45. The molecule has 1 N–H and O–H groups in total. The molecule has 1 aliphatic heterocycles. The number of sulfonamides is 1. The molecule has 1 aliphatic rings. The molecule has 0 bridgehead atoms. The van der Waals surface area contributed by atoms with Gasteiger partial charge in [-0.2, -0.15) is 4.31 Å². The van der Waals surface area contributed by atoms with Gasteiger partial charge in [0.15, 0.2) is 5.03 Å². The van der Waals surface area contributed by atoms with Crippen LogP contribution in [0.3, 0.4) is 0 Å². The molecular weight excluding hydrogens is 278 g/mol. The summed E-state index contributed by atoms with van der Waals surface area (Å²) in [5.74, 6) is 0. The first kappa shape index (κ1) is 15.4. The van der Waals surface area contributed by atoms with Crippen molar-refractivity contribution in [2.24, 2.45) is 0 Å². The van der Waals surface area contributed by atoms with Gasteiger partial charge in [-0.05, 0) is 32.5 Å². The van der Waals surface area contributed by atoms with Crippen molar-refractivity contribution in [3.05, 3.63) is 23.9 Å². The van der Waals surface area contributed by atoms with E-state index in [1.165, 1.54) is 4.31 Å². The molecule has 2 unspecified atom stereocenters. The zero-order valence-electron chi connectivity index (χ0n) is 12.0. The topological polar surface area (TPSA) is 71.5 Å². The molecule has 0 aromatic carbocycles. The summed E-state index contributed by atoms with van der Waals surface area (Å²) in [6.07, 6.45) is 1.50. The lowest BCUT2D eigenvalue weighted by Crippen LogP contribution is -2.50. The largest absolute Gasteiger partial charge is 0.375 e. The van der Waals surface area contributed by atoms with Gasteiger partial charge in [-0.3, -0.25) is 0 Å². The molecule has 2 rings (SSSR count). The monoisotopic (exact) mass is 299 g/mol. The molecule has 1 fully saturated rings. The Morgan fingerprint density at radius 2 is 2.20 bits per heavy atom. The number of nitrogens with zero attached hydrogens (tertiary/aromatic N) is 2. The Kier molecular flexibility index (Phi) is 4.74. The zero-order chi connectivity index (χ0) is 14.8. The van der Waals surface area contributed by atoms with Crippen LogP contribution in [0, 0.1) is 0 Å². The average molecular weight is 299 g/mol. The molecule has 20 heavy (non-hydrogen) atoms. The highest BCUT2D eigenvalue weighted by molar-refractivity contribution is 7.89.